The highest BCUT2D eigenvalue weighted by Gasteiger charge is 2.11. The summed E-state index contributed by atoms with van der Waals surface area (Å²) in [6.45, 7) is 3.69. The first-order chi connectivity index (χ1) is 9.69. The van der Waals surface area contributed by atoms with E-state index in [1.165, 1.54) is 5.56 Å². The summed E-state index contributed by atoms with van der Waals surface area (Å²) in [5.41, 5.74) is 1.22. The highest BCUT2D eigenvalue weighted by atomic mass is 16.4. The van der Waals surface area contributed by atoms with Crippen LogP contribution in [0.15, 0.2) is 46.9 Å². The number of carboxylic acids is 1. The zero-order valence-corrected chi connectivity index (χ0v) is 11.6. The molecular weight excluding hydrogens is 254 g/mol. The zero-order chi connectivity index (χ0) is 14.4. The molecule has 0 atom stereocenters. The number of furan rings is 1. The van der Waals surface area contributed by atoms with Crippen molar-refractivity contribution in [3.8, 4) is 0 Å². The summed E-state index contributed by atoms with van der Waals surface area (Å²) in [6.07, 6.45) is 0.524. The van der Waals surface area contributed by atoms with Gasteiger partial charge in [0, 0.05) is 25.6 Å². The van der Waals surface area contributed by atoms with Gasteiger partial charge in [0.05, 0.1) is 6.42 Å². The number of aliphatic carboxylic acids is 1. The molecule has 0 aliphatic rings. The topological polar surface area (TPSA) is 53.7 Å². The fourth-order valence-corrected chi connectivity index (χ4v) is 2.05. The number of carboxylic acid groups (broad SMARTS) is 1. The van der Waals surface area contributed by atoms with Crippen molar-refractivity contribution in [2.45, 2.75) is 26.3 Å². The first kappa shape index (κ1) is 14.2. The lowest BCUT2D eigenvalue weighted by molar-refractivity contribution is -0.137. The van der Waals surface area contributed by atoms with Crippen LogP contribution < -0.4 is 4.90 Å². The molecule has 2 aromatic rings. The zero-order valence-electron chi connectivity index (χ0n) is 11.6. The Hall–Kier alpha value is -2.23. The Morgan fingerprint density at radius 2 is 1.95 bits per heavy atom. The molecule has 0 amide bonds. The molecule has 0 spiro atoms. The summed E-state index contributed by atoms with van der Waals surface area (Å²) in [5, 5.41) is 8.68. The van der Waals surface area contributed by atoms with Crippen LogP contribution in [0.25, 0.3) is 0 Å². The highest BCUT2D eigenvalue weighted by Crippen LogP contribution is 2.21. The third kappa shape index (κ3) is 3.88. The van der Waals surface area contributed by atoms with Gasteiger partial charge < -0.3 is 14.4 Å². The minimum Gasteiger partial charge on any atom is -0.481 e. The maximum atomic E-state index is 10.6. The third-order valence-electron chi connectivity index (χ3n) is 3.14. The standard InChI is InChI=1S/C16H19NO3/c1-2-17(12-13-6-4-3-5-7-13)15-10-8-14(20-15)9-11-16(18)19/h3-8,10H,2,9,11-12H2,1H3,(H,18,19). The monoisotopic (exact) mass is 273 g/mol. The molecule has 0 saturated heterocycles. The van der Waals surface area contributed by atoms with Crippen LogP contribution in [0.4, 0.5) is 5.88 Å². The number of nitrogens with zero attached hydrogens (tertiary/aromatic N) is 1. The van der Waals surface area contributed by atoms with E-state index < -0.39 is 5.97 Å². The van der Waals surface area contributed by atoms with E-state index in [1.807, 2.05) is 30.3 Å². The van der Waals surface area contributed by atoms with Gasteiger partial charge in [-0.3, -0.25) is 4.79 Å². The fourth-order valence-electron chi connectivity index (χ4n) is 2.05. The smallest absolute Gasteiger partial charge is 0.303 e. The number of aryl methyl sites for hydroxylation is 1. The van der Waals surface area contributed by atoms with Crippen LogP contribution in [0.3, 0.4) is 0 Å². The molecule has 106 valence electrons. The Morgan fingerprint density at radius 3 is 2.60 bits per heavy atom. The molecule has 1 aromatic heterocycles. The number of rotatable bonds is 7. The van der Waals surface area contributed by atoms with Gasteiger partial charge in [0.2, 0.25) is 0 Å². The van der Waals surface area contributed by atoms with Crippen LogP contribution in [-0.2, 0) is 17.8 Å². The number of benzene rings is 1. The summed E-state index contributed by atoms with van der Waals surface area (Å²) in [7, 11) is 0. The maximum Gasteiger partial charge on any atom is 0.303 e. The number of hydrogen-bond donors (Lipinski definition) is 1. The van der Waals surface area contributed by atoms with Crippen molar-refractivity contribution in [1.29, 1.82) is 0 Å². The van der Waals surface area contributed by atoms with E-state index in [0.29, 0.717) is 12.2 Å². The lowest BCUT2D eigenvalue weighted by Crippen LogP contribution is -2.21. The van der Waals surface area contributed by atoms with Crippen LogP contribution in [0.5, 0.6) is 0 Å². The fraction of sp³-hybridized carbons (Fsp3) is 0.312. The molecule has 4 heteroatoms. The van der Waals surface area contributed by atoms with Gasteiger partial charge >= 0.3 is 5.97 Å². The van der Waals surface area contributed by atoms with Gasteiger partial charge in [0.15, 0.2) is 5.88 Å². The average molecular weight is 273 g/mol. The van der Waals surface area contributed by atoms with E-state index in [9.17, 15) is 4.79 Å². The van der Waals surface area contributed by atoms with Gasteiger partial charge in [0.1, 0.15) is 5.76 Å². The Balaban J connectivity index is 2.02. The molecule has 0 radical (unpaired) electrons. The summed E-state index contributed by atoms with van der Waals surface area (Å²) in [4.78, 5) is 12.7. The van der Waals surface area contributed by atoms with E-state index >= 15 is 0 Å². The van der Waals surface area contributed by atoms with Crippen LogP contribution >= 0.6 is 0 Å². The van der Waals surface area contributed by atoms with Crippen molar-refractivity contribution in [2.24, 2.45) is 0 Å². The normalized spacial score (nSPS) is 10.4. The van der Waals surface area contributed by atoms with E-state index in [0.717, 1.165) is 19.0 Å². The second-order valence-corrected chi connectivity index (χ2v) is 4.63. The Morgan fingerprint density at radius 1 is 1.20 bits per heavy atom. The summed E-state index contributed by atoms with van der Waals surface area (Å²) >= 11 is 0. The van der Waals surface area contributed by atoms with Gasteiger partial charge in [-0.15, -0.1) is 0 Å². The van der Waals surface area contributed by atoms with Crippen molar-refractivity contribution in [3.63, 3.8) is 0 Å². The van der Waals surface area contributed by atoms with Gasteiger partial charge in [-0.25, -0.2) is 0 Å². The number of anilines is 1. The number of hydrogen-bond acceptors (Lipinski definition) is 3. The maximum absolute atomic E-state index is 10.6. The molecule has 1 N–H and O–H groups in total. The largest absolute Gasteiger partial charge is 0.481 e. The van der Waals surface area contributed by atoms with Crippen LogP contribution in [0.1, 0.15) is 24.7 Å². The molecule has 0 bridgehead atoms. The summed E-state index contributed by atoms with van der Waals surface area (Å²) in [5.74, 6) is 0.699. The van der Waals surface area contributed by atoms with E-state index in [2.05, 4.69) is 24.0 Å². The van der Waals surface area contributed by atoms with Crippen molar-refractivity contribution in [2.75, 3.05) is 11.4 Å². The van der Waals surface area contributed by atoms with Crippen molar-refractivity contribution in [1.82, 2.24) is 0 Å². The first-order valence-corrected chi connectivity index (χ1v) is 6.78. The van der Waals surface area contributed by atoms with Crippen molar-refractivity contribution >= 4 is 11.9 Å². The lowest BCUT2D eigenvalue weighted by Gasteiger charge is -2.20. The second-order valence-electron chi connectivity index (χ2n) is 4.63. The Kier molecular flexibility index (Phi) is 4.82. The van der Waals surface area contributed by atoms with Crippen LogP contribution in [0, 0.1) is 0 Å². The lowest BCUT2D eigenvalue weighted by atomic mass is 10.2. The van der Waals surface area contributed by atoms with Crippen LogP contribution in [0.2, 0.25) is 0 Å². The quantitative estimate of drug-likeness (QED) is 0.840. The van der Waals surface area contributed by atoms with Crippen LogP contribution in [-0.4, -0.2) is 17.6 Å². The van der Waals surface area contributed by atoms with Crippen molar-refractivity contribution < 1.29 is 14.3 Å². The minimum atomic E-state index is -0.806. The molecule has 20 heavy (non-hydrogen) atoms. The third-order valence-corrected chi connectivity index (χ3v) is 3.14. The van der Waals surface area contributed by atoms with E-state index in [4.69, 9.17) is 9.52 Å². The molecule has 1 aromatic carbocycles. The Bertz CT molecular complexity index is 548. The van der Waals surface area contributed by atoms with Gasteiger partial charge in [-0.2, -0.15) is 0 Å². The van der Waals surface area contributed by atoms with Gasteiger partial charge in [0.25, 0.3) is 0 Å². The molecule has 0 aliphatic carbocycles. The predicted octanol–water partition coefficient (Wildman–Crippen LogP) is 3.32. The molecule has 0 aliphatic heterocycles. The summed E-state index contributed by atoms with van der Waals surface area (Å²) in [6, 6.07) is 14.0. The molecule has 0 unspecified atom stereocenters. The van der Waals surface area contributed by atoms with E-state index in [-0.39, 0.29) is 6.42 Å². The Labute approximate surface area is 118 Å². The second kappa shape index (κ2) is 6.80. The minimum absolute atomic E-state index is 0.0950. The predicted molar refractivity (Wildman–Crippen MR) is 77.8 cm³/mol. The SMILES string of the molecule is CCN(Cc1ccccc1)c1ccc(CCC(=O)O)o1. The van der Waals surface area contributed by atoms with Gasteiger partial charge in [-0.05, 0) is 18.6 Å². The van der Waals surface area contributed by atoms with E-state index in [1.54, 1.807) is 0 Å². The molecule has 2 rings (SSSR count). The average Bonchev–Trinajstić information content (AvgIpc) is 2.92. The van der Waals surface area contributed by atoms with Crippen molar-refractivity contribution in [3.05, 3.63) is 53.8 Å². The van der Waals surface area contributed by atoms with Gasteiger partial charge in [-0.1, -0.05) is 30.3 Å². The molecule has 4 nitrogen and oxygen atoms in total. The molecular formula is C16H19NO3. The summed E-state index contributed by atoms with van der Waals surface area (Å²) < 4.78 is 5.72. The highest BCUT2D eigenvalue weighted by molar-refractivity contribution is 5.66. The molecule has 0 saturated carbocycles. The molecule has 1 heterocycles. The molecule has 0 fully saturated rings. The first-order valence-electron chi connectivity index (χ1n) is 6.78. The number of carbonyl (C=O) groups is 1.